The molecule has 0 unspecified atom stereocenters. The molecule has 1 aliphatic heterocycles. The number of hydrogen-bond donors (Lipinski definition) is 1. The molecule has 0 aliphatic carbocycles. The van der Waals surface area contributed by atoms with E-state index in [2.05, 4.69) is 10.4 Å². The molecule has 2 aromatic carbocycles. The van der Waals surface area contributed by atoms with E-state index in [-0.39, 0.29) is 11.5 Å². The van der Waals surface area contributed by atoms with Crippen LogP contribution in [-0.2, 0) is 12.8 Å². The molecule has 3 aromatic rings. The Hall–Kier alpha value is -3.22. The fourth-order valence-corrected chi connectivity index (χ4v) is 3.32. The summed E-state index contributed by atoms with van der Waals surface area (Å²) in [4.78, 5) is 10.7. The molecule has 4 rings (SSSR count). The van der Waals surface area contributed by atoms with Gasteiger partial charge in [-0.3, -0.25) is 10.1 Å². The van der Waals surface area contributed by atoms with Crippen molar-refractivity contribution in [1.82, 2.24) is 9.78 Å². The van der Waals surface area contributed by atoms with Crippen molar-refractivity contribution < 1.29 is 9.31 Å². The smallest absolute Gasteiger partial charge is 0.271 e. The summed E-state index contributed by atoms with van der Waals surface area (Å²) in [7, 11) is 0. The molecule has 132 valence electrons. The molecule has 6 nitrogen and oxygen atoms in total. The third-order valence-corrected chi connectivity index (χ3v) is 4.68. The monoisotopic (exact) mass is 352 g/mol. The van der Waals surface area contributed by atoms with Gasteiger partial charge in [-0.15, -0.1) is 0 Å². The Labute approximate surface area is 149 Å². The van der Waals surface area contributed by atoms with Gasteiger partial charge >= 0.3 is 0 Å². The summed E-state index contributed by atoms with van der Waals surface area (Å²) in [5.41, 5.74) is 3.97. The lowest BCUT2D eigenvalue weighted by molar-refractivity contribution is -0.384. The number of halogens is 1. The van der Waals surface area contributed by atoms with E-state index in [9.17, 15) is 14.5 Å². The number of fused-ring (bicyclic) bond motifs is 1. The van der Waals surface area contributed by atoms with Gasteiger partial charge in [0.05, 0.1) is 16.3 Å². The lowest BCUT2D eigenvalue weighted by Crippen LogP contribution is -2.07. The number of nitrogens with one attached hydrogen (secondary N) is 1. The van der Waals surface area contributed by atoms with E-state index in [0.717, 1.165) is 35.6 Å². The molecule has 0 spiro atoms. The Balaban J connectivity index is 1.81. The number of benzene rings is 2. The van der Waals surface area contributed by atoms with Gasteiger partial charge in [-0.2, -0.15) is 5.10 Å². The van der Waals surface area contributed by atoms with Gasteiger partial charge in [0, 0.05) is 30.7 Å². The van der Waals surface area contributed by atoms with Crippen LogP contribution in [0.25, 0.3) is 5.69 Å². The number of nitro benzene ring substituents is 1. The molecule has 1 aliphatic rings. The van der Waals surface area contributed by atoms with E-state index < -0.39 is 4.92 Å². The van der Waals surface area contributed by atoms with Gasteiger partial charge < -0.3 is 5.32 Å². The molecule has 26 heavy (non-hydrogen) atoms. The molecule has 0 saturated carbocycles. The first-order chi connectivity index (χ1) is 12.5. The van der Waals surface area contributed by atoms with Crippen molar-refractivity contribution in [3.05, 3.63) is 80.8 Å². The van der Waals surface area contributed by atoms with E-state index in [1.165, 1.54) is 18.2 Å². The first-order valence-electron chi connectivity index (χ1n) is 8.38. The third-order valence-electron chi connectivity index (χ3n) is 4.68. The van der Waals surface area contributed by atoms with E-state index in [1.54, 1.807) is 28.9 Å². The number of aromatic nitrogens is 2. The maximum atomic E-state index is 14.0. The maximum Gasteiger partial charge on any atom is 0.271 e. The van der Waals surface area contributed by atoms with E-state index in [4.69, 9.17) is 0 Å². The van der Waals surface area contributed by atoms with Crippen LogP contribution in [-0.4, -0.2) is 21.2 Å². The molecular weight excluding hydrogens is 335 g/mol. The summed E-state index contributed by atoms with van der Waals surface area (Å²) in [6.45, 7) is 2.66. The first-order valence-corrected chi connectivity index (χ1v) is 8.38. The first kappa shape index (κ1) is 16.3. The highest BCUT2D eigenvalue weighted by molar-refractivity contribution is 5.60. The number of aryl methyl sites for hydroxylation is 1. The van der Waals surface area contributed by atoms with Gasteiger partial charge in [0.1, 0.15) is 11.6 Å². The van der Waals surface area contributed by atoms with Crippen LogP contribution in [0.2, 0.25) is 0 Å². The zero-order valence-corrected chi connectivity index (χ0v) is 14.2. The van der Waals surface area contributed by atoms with Crippen molar-refractivity contribution >= 4 is 11.5 Å². The van der Waals surface area contributed by atoms with Crippen molar-refractivity contribution in [2.45, 2.75) is 19.8 Å². The second kappa shape index (κ2) is 6.25. The highest BCUT2D eigenvalue weighted by Crippen LogP contribution is 2.32. The molecule has 0 saturated heterocycles. The molecule has 0 fully saturated rings. The predicted molar refractivity (Wildman–Crippen MR) is 96.4 cm³/mol. The largest absolute Gasteiger partial charge is 0.369 e. The minimum Gasteiger partial charge on any atom is -0.369 e. The van der Waals surface area contributed by atoms with E-state index in [1.807, 2.05) is 6.92 Å². The molecule has 0 atom stereocenters. The molecule has 0 amide bonds. The van der Waals surface area contributed by atoms with Crippen LogP contribution in [0, 0.1) is 22.9 Å². The van der Waals surface area contributed by atoms with E-state index in [0.29, 0.717) is 17.7 Å². The van der Waals surface area contributed by atoms with Crippen molar-refractivity contribution in [2.75, 3.05) is 11.9 Å². The maximum absolute atomic E-state index is 14.0. The Bertz CT molecular complexity index is 1010. The molecule has 1 aromatic heterocycles. The number of hydrogen-bond acceptors (Lipinski definition) is 4. The van der Waals surface area contributed by atoms with Crippen LogP contribution in [0.5, 0.6) is 0 Å². The lowest BCUT2D eigenvalue weighted by Gasteiger charge is -2.09. The van der Waals surface area contributed by atoms with Gasteiger partial charge in [0.15, 0.2) is 0 Å². The summed E-state index contributed by atoms with van der Waals surface area (Å²) in [6, 6.07) is 11.4. The number of nitrogens with zero attached hydrogens (tertiary/aromatic N) is 3. The third kappa shape index (κ3) is 2.71. The van der Waals surface area contributed by atoms with Crippen LogP contribution in [0.15, 0.2) is 42.5 Å². The standard InChI is InChI=1S/C19H17FN4O2/c1-12-6-7-14(24(25)26)11-18(12)23-19-15(8-9-21-19)17(22-23)10-13-4-2-3-5-16(13)20/h2-7,11,21H,8-10H2,1H3. The van der Waals surface area contributed by atoms with Crippen molar-refractivity contribution in [2.24, 2.45) is 0 Å². The summed E-state index contributed by atoms with van der Waals surface area (Å²) in [6.07, 6.45) is 1.19. The normalized spacial score (nSPS) is 12.7. The zero-order chi connectivity index (χ0) is 18.3. The highest BCUT2D eigenvalue weighted by atomic mass is 19.1. The molecular formula is C19H17FN4O2. The topological polar surface area (TPSA) is 73.0 Å². The number of anilines is 1. The van der Waals surface area contributed by atoms with Gasteiger partial charge in [-0.1, -0.05) is 24.3 Å². The number of nitro groups is 1. The van der Waals surface area contributed by atoms with Gasteiger partial charge in [0.25, 0.3) is 5.69 Å². The molecule has 7 heteroatoms. The van der Waals surface area contributed by atoms with Crippen LogP contribution in [0.3, 0.4) is 0 Å². The predicted octanol–water partition coefficient (Wildman–Crippen LogP) is 3.79. The fraction of sp³-hybridized carbons (Fsp3) is 0.211. The zero-order valence-electron chi connectivity index (χ0n) is 14.2. The molecule has 0 radical (unpaired) electrons. The fourth-order valence-electron chi connectivity index (χ4n) is 3.32. The van der Waals surface area contributed by atoms with Gasteiger partial charge in [0.2, 0.25) is 0 Å². The van der Waals surface area contributed by atoms with Crippen LogP contribution < -0.4 is 5.32 Å². The second-order valence-electron chi connectivity index (χ2n) is 6.36. The van der Waals surface area contributed by atoms with Crippen LogP contribution in [0.1, 0.15) is 22.4 Å². The minimum atomic E-state index is -0.416. The Morgan fingerprint density at radius 2 is 2.12 bits per heavy atom. The molecule has 1 N–H and O–H groups in total. The second-order valence-corrected chi connectivity index (χ2v) is 6.36. The van der Waals surface area contributed by atoms with E-state index >= 15 is 0 Å². The lowest BCUT2D eigenvalue weighted by atomic mass is 10.1. The Kier molecular flexibility index (Phi) is 3.91. The summed E-state index contributed by atoms with van der Waals surface area (Å²) >= 11 is 0. The average molecular weight is 352 g/mol. The van der Waals surface area contributed by atoms with Gasteiger partial charge in [-0.25, -0.2) is 9.07 Å². The van der Waals surface area contributed by atoms with Crippen molar-refractivity contribution in [3.63, 3.8) is 0 Å². The van der Waals surface area contributed by atoms with Crippen molar-refractivity contribution in [3.8, 4) is 5.69 Å². The van der Waals surface area contributed by atoms with Gasteiger partial charge in [-0.05, 0) is 30.5 Å². The molecule has 0 bridgehead atoms. The Morgan fingerprint density at radius 1 is 1.31 bits per heavy atom. The summed E-state index contributed by atoms with van der Waals surface area (Å²) in [5.74, 6) is 0.577. The summed E-state index contributed by atoms with van der Waals surface area (Å²) < 4.78 is 15.7. The van der Waals surface area contributed by atoms with Crippen molar-refractivity contribution in [1.29, 1.82) is 0 Å². The minimum absolute atomic E-state index is 0.0171. The summed E-state index contributed by atoms with van der Waals surface area (Å²) in [5, 5.41) is 19.1. The Morgan fingerprint density at radius 3 is 2.88 bits per heavy atom. The highest BCUT2D eigenvalue weighted by Gasteiger charge is 2.25. The van der Waals surface area contributed by atoms with Crippen LogP contribution in [0.4, 0.5) is 15.9 Å². The number of non-ortho nitro benzene ring substituents is 1. The average Bonchev–Trinajstić information content (AvgIpc) is 3.21. The number of rotatable bonds is 4. The van der Waals surface area contributed by atoms with Crippen LogP contribution >= 0.6 is 0 Å². The molecule has 2 heterocycles. The SMILES string of the molecule is Cc1ccc([N+](=O)[O-])cc1-n1nc(Cc2ccccc2F)c2c1NCC2. The quantitative estimate of drug-likeness (QED) is 0.573.